The van der Waals surface area contributed by atoms with E-state index in [0.717, 1.165) is 25.3 Å². The zero-order valence-electron chi connectivity index (χ0n) is 10.1. The monoisotopic (exact) mass is 288 g/mol. The van der Waals surface area contributed by atoms with Crippen LogP contribution in [0.2, 0.25) is 0 Å². The number of nitrogens with zero attached hydrogens (tertiary/aromatic N) is 1. The average molecular weight is 288 g/mol. The second-order valence-corrected chi connectivity index (χ2v) is 3.82. The van der Waals surface area contributed by atoms with Crippen molar-refractivity contribution < 1.29 is 27.1 Å². The Labute approximate surface area is 110 Å². The Morgan fingerprint density at radius 2 is 2.05 bits per heavy atom. The summed E-state index contributed by atoms with van der Waals surface area (Å²) in [5.74, 6) is -2.20. The third kappa shape index (κ3) is 2.49. The van der Waals surface area contributed by atoms with Gasteiger partial charge in [0.1, 0.15) is 11.5 Å². The summed E-state index contributed by atoms with van der Waals surface area (Å²) in [5.41, 5.74) is -1.95. The number of ether oxygens (including phenoxy) is 1. The number of carbonyl (C=O) groups is 1. The van der Waals surface area contributed by atoms with Gasteiger partial charge in [-0.25, -0.2) is 9.18 Å². The number of aromatic amines is 1. The SMILES string of the molecule is COC(=O)c1cc(-c2cccc(C(F)(F)F)c2F)n[nH]1. The fourth-order valence-corrected chi connectivity index (χ4v) is 1.62. The van der Waals surface area contributed by atoms with Crippen LogP contribution in [-0.2, 0) is 10.9 Å². The minimum atomic E-state index is -4.80. The second-order valence-electron chi connectivity index (χ2n) is 3.82. The topological polar surface area (TPSA) is 55.0 Å². The first-order chi connectivity index (χ1) is 9.34. The predicted molar refractivity (Wildman–Crippen MR) is 60.3 cm³/mol. The molecule has 2 rings (SSSR count). The van der Waals surface area contributed by atoms with Crippen molar-refractivity contribution in [3.8, 4) is 11.3 Å². The molecule has 106 valence electrons. The first-order valence-electron chi connectivity index (χ1n) is 5.34. The molecule has 20 heavy (non-hydrogen) atoms. The number of H-pyrrole nitrogens is 1. The van der Waals surface area contributed by atoms with Crippen molar-refractivity contribution in [1.29, 1.82) is 0 Å². The van der Waals surface area contributed by atoms with Crippen molar-refractivity contribution in [2.45, 2.75) is 6.18 Å². The van der Waals surface area contributed by atoms with Gasteiger partial charge in [0.2, 0.25) is 0 Å². The van der Waals surface area contributed by atoms with Gasteiger partial charge in [-0.05, 0) is 18.2 Å². The highest BCUT2D eigenvalue weighted by molar-refractivity contribution is 5.88. The Hall–Kier alpha value is -2.38. The van der Waals surface area contributed by atoms with Crippen LogP contribution in [0.5, 0.6) is 0 Å². The van der Waals surface area contributed by atoms with E-state index < -0.39 is 23.5 Å². The summed E-state index contributed by atoms with van der Waals surface area (Å²) in [5, 5.41) is 5.87. The van der Waals surface area contributed by atoms with Crippen LogP contribution in [-0.4, -0.2) is 23.3 Å². The Kier molecular flexibility index (Phi) is 3.47. The van der Waals surface area contributed by atoms with Crippen molar-refractivity contribution in [2.75, 3.05) is 7.11 Å². The van der Waals surface area contributed by atoms with Gasteiger partial charge in [-0.3, -0.25) is 5.10 Å². The zero-order valence-corrected chi connectivity index (χ0v) is 10.1. The molecule has 0 amide bonds. The third-order valence-corrected chi connectivity index (χ3v) is 2.56. The van der Waals surface area contributed by atoms with Crippen molar-refractivity contribution >= 4 is 5.97 Å². The molecule has 1 heterocycles. The van der Waals surface area contributed by atoms with Gasteiger partial charge in [-0.15, -0.1) is 0 Å². The molecule has 0 saturated carbocycles. The van der Waals surface area contributed by atoms with E-state index in [1.807, 2.05) is 0 Å². The molecule has 0 saturated heterocycles. The van der Waals surface area contributed by atoms with Gasteiger partial charge in [0.15, 0.2) is 0 Å². The van der Waals surface area contributed by atoms with Crippen LogP contribution in [0, 0.1) is 5.82 Å². The van der Waals surface area contributed by atoms with Crippen molar-refractivity contribution in [1.82, 2.24) is 10.2 Å². The smallest absolute Gasteiger partial charge is 0.419 e. The molecular formula is C12H8F4N2O2. The van der Waals surface area contributed by atoms with Crippen LogP contribution in [0.3, 0.4) is 0 Å². The van der Waals surface area contributed by atoms with E-state index in [0.29, 0.717) is 6.07 Å². The molecule has 0 aliphatic rings. The molecule has 1 aromatic heterocycles. The van der Waals surface area contributed by atoms with Crippen molar-refractivity contribution in [3.05, 3.63) is 41.3 Å². The van der Waals surface area contributed by atoms with E-state index in [1.54, 1.807) is 0 Å². The molecule has 0 aliphatic carbocycles. The second kappa shape index (κ2) is 4.95. The van der Waals surface area contributed by atoms with Gasteiger partial charge in [0.05, 0.1) is 18.4 Å². The number of nitrogens with one attached hydrogen (secondary N) is 1. The number of carbonyl (C=O) groups excluding carboxylic acids is 1. The number of rotatable bonds is 2. The average Bonchev–Trinajstić information content (AvgIpc) is 2.86. The van der Waals surface area contributed by atoms with E-state index >= 15 is 0 Å². The molecule has 0 unspecified atom stereocenters. The largest absolute Gasteiger partial charge is 0.464 e. The van der Waals surface area contributed by atoms with E-state index in [9.17, 15) is 22.4 Å². The lowest BCUT2D eigenvalue weighted by Gasteiger charge is -2.09. The molecule has 0 spiro atoms. The highest BCUT2D eigenvalue weighted by atomic mass is 19.4. The van der Waals surface area contributed by atoms with Gasteiger partial charge in [0.25, 0.3) is 0 Å². The molecule has 4 nitrogen and oxygen atoms in total. The minimum absolute atomic E-state index is 0.0840. The van der Waals surface area contributed by atoms with Crippen molar-refractivity contribution in [2.24, 2.45) is 0 Å². The standard InChI is InChI=1S/C12H8F4N2O2/c1-20-11(19)9-5-8(17-18-9)6-3-2-4-7(10(6)13)12(14,15)16/h2-5H,1H3,(H,17,18). The molecule has 0 atom stereocenters. The van der Waals surface area contributed by atoms with E-state index in [2.05, 4.69) is 14.9 Å². The molecule has 0 bridgehead atoms. The summed E-state index contributed by atoms with van der Waals surface area (Å²) in [7, 11) is 1.13. The van der Waals surface area contributed by atoms with Crippen LogP contribution in [0.15, 0.2) is 24.3 Å². The minimum Gasteiger partial charge on any atom is -0.464 e. The number of methoxy groups -OCH3 is 1. The zero-order chi connectivity index (χ0) is 14.9. The highest BCUT2D eigenvalue weighted by Crippen LogP contribution is 2.35. The van der Waals surface area contributed by atoms with Crippen LogP contribution < -0.4 is 0 Å². The number of halogens is 4. The van der Waals surface area contributed by atoms with Crippen LogP contribution in [0.4, 0.5) is 17.6 Å². The summed E-state index contributed by atoms with van der Waals surface area (Å²) in [4.78, 5) is 11.2. The van der Waals surface area contributed by atoms with Gasteiger partial charge < -0.3 is 4.74 Å². The van der Waals surface area contributed by atoms with Gasteiger partial charge in [0, 0.05) is 5.56 Å². The lowest BCUT2D eigenvalue weighted by atomic mass is 10.1. The van der Waals surface area contributed by atoms with Crippen molar-refractivity contribution in [3.63, 3.8) is 0 Å². The molecule has 1 aromatic carbocycles. The molecule has 8 heteroatoms. The maximum atomic E-state index is 13.9. The van der Waals surface area contributed by atoms with Gasteiger partial charge in [-0.2, -0.15) is 18.3 Å². The summed E-state index contributed by atoms with van der Waals surface area (Å²) in [6.45, 7) is 0. The van der Waals surface area contributed by atoms with E-state index in [4.69, 9.17) is 0 Å². The van der Waals surface area contributed by atoms with Crippen LogP contribution >= 0.6 is 0 Å². The summed E-state index contributed by atoms with van der Waals surface area (Å²) >= 11 is 0. The third-order valence-electron chi connectivity index (χ3n) is 2.56. The first-order valence-corrected chi connectivity index (χ1v) is 5.34. The van der Waals surface area contributed by atoms with E-state index in [1.165, 1.54) is 0 Å². The molecule has 0 radical (unpaired) electrons. The van der Waals surface area contributed by atoms with Gasteiger partial charge in [-0.1, -0.05) is 6.07 Å². The molecule has 0 aliphatic heterocycles. The lowest BCUT2D eigenvalue weighted by molar-refractivity contribution is -0.139. The number of aromatic nitrogens is 2. The maximum absolute atomic E-state index is 13.9. The van der Waals surface area contributed by atoms with Crippen LogP contribution in [0.25, 0.3) is 11.3 Å². The number of hydrogen-bond donors (Lipinski definition) is 1. The number of esters is 1. The fraction of sp³-hybridized carbons (Fsp3) is 0.167. The Morgan fingerprint density at radius 1 is 1.35 bits per heavy atom. The number of alkyl halides is 3. The number of hydrogen-bond acceptors (Lipinski definition) is 3. The van der Waals surface area contributed by atoms with E-state index in [-0.39, 0.29) is 17.0 Å². The fourth-order valence-electron chi connectivity index (χ4n) is 1.62. The quantitative estimate of drug-likeness (QED) is 0.682. The lowest BCUT2D eigenvalue weighted by Crippen LogP contribution is -2.08. The normalized spacial score (nSPS) is 11.4. The number of benzene rings is 1. The summed E-state index contributed by atoms with van der Waals surface area (Å²) < 4.78 is 56.0. The Balaban J connectivity index is 2.49. The maximum Gasteiger partial charge on any atom is 0.419 e. The predicted octanol–water partition coefficient (Wildman–Crippen LogP) is 3.02. The summed E-state index contributed by atoms with van der Waals surface area (Å²) in [6.07, 6.45) is -4.80. The van der Waals surface area contributed by atoms with Gasteiger partial charge >= 0.3 is 12.1 Å². The highest BCUT2D eigenvalue weighted by Gasteiger charge is 2.35. The van der Waals surface area contributed by atoms with Crippen LogP contribution in [0.1, 0.15) is 16.1 Å². The molecular weight excluding hydrogens is 280 g/mol. The Morgan fingerprint density at radius 3 is 2.65 bits per heavy atom. The Bertz CT molecular complexity index is 649. The molecule has 0 fully saturated rings. The summed E-state index contributed by atoms with van der Waals surface area (Å²) in [6, 6.07) is 3.95. The molecule has 1 N–H and O–H groups in total. The first kappa shape index (κ1) is 14.0. The molecule has 2 aromatic rings.